The number of pyridine rings is 1. The van der Waals surface area contributed by atoms with Crippen LogP contribution in [0, 0.1) is 19.8 Å². The summed E-state index contributed by atoms with van der Waals surface area (Å²) < 4.78 is 41.2. The number of hydrogen-bond acceptors (Lipinski definition) is 5. The largest absolute Gasteiger partial charge is 0.416 e. The first-order valence-electron chi connectivity index (χ1n) is 11.5. The molecule has 2 aromatic heterocycles. The molecule has 1 saturated heterocycles. The van der Waals surface area contributed by atoms with Crippen LogP contribution < -0.4 is 0 Å². The zero-order valence-corrected chi connectivity index (χ0v) is 21.5. The quantitative estimate of drug-likeness (QED) is 0.338. The van der Waals surface area contributed by atoms with E-state index in [0.29, 0.717) is 31.5 Å². The smallest absolute Gasteiger partial charge is 0.368 e. The maximum Gasteiger partial charge on any atom is 0.416 e. The van der Waals surface area contributed by atoms with Gasteiger partial charge in [0, 0.05) is 37.3 Å². The van der Waals surface area contributed by atoms with Gasteiger partial charge in [-0.1, -0.05) is 23.2 Å². The van der Waals surface area contributed by atoms with Crippen molar-refractivity contribution in [1.82, 2.24) is 14.5 Å². The van der Waals surface area contributed by atoms with Gasteiger partial charge in [0.15, 0.2) is 6.29 Å². The van der Waals surface area contributed by atoms with Crippen molar-refractivity contribution in [2.45, 2.75) is 45.6 Å². The number of alkyl halides is 3. The number of likely N-dealkylation sites (tertiary alicyclic amines) is 1. The number of aromatic nitrogens is 2. The van der Waals surface area contributed by atoms with Gasteiger partial charge in [-0.3, -0.25) is 14.2 Å². The third-order valence-electron chi connectivity index (χ3n) is 6.69. The van der Waals surface area contributed by atoms with Crippen LogP contribution in [0.25, 0.3) is 10.9 Å². The lowest BCUT2D eigenvalue weighted by Crippen LogP contribution is -2.39. The summed E-state index contributed by atoms with van der Waals surface area (Å²) in [5, 5.41) is 18.2. The molecule has 0 atom stereocenters. The summed E-state index contributed by atoms with van der Waals surface area (Å²) in [5.74, 6) is -1.12. The van der Waals surface area contributed by atoms with Crippen molar-refractivity contribution >= 4 is 45.9 Å². The Kier molecular flexibility index (Phi) is 7.58. The minimum absolute atomic E-state index is 0.0284. The molecule has 1 aliphatic heterocycles. The van der Waals surface area contributed by atoms with Crippen LogP contribution in [-0.2, 0) is 6.18 Å². The van der Waals surface area contributed by atoms with Crippen molar-refractivity contribution in [3.05, 3.63) is 62.5 Å². The molecule has 3 aromatic rings. The Bertz CT molecular complexity index is 1380. The van der Waals surface area contributed by atoms with Gasteiger partial charge in [-0.25, -0.2) is 4.98 Å². The van der Waals surface area contributed by atoms with Crippen LogP contribution in [0.5, 0.6) is 0 Å². The number of carbonyl (C=O) groups excluding carboxylic acids is 2. The van der Waals surface area contributed by atoms with E-state index in [1.54, 1.807) is 11.8 Å². The van der Waals surface area contributed by atoms with Crippen LogP contribution in [0.15, 0.2) is 24.5 Å². The summed E-state index contributed by atoms with van der Waals surface area (Å²) in [6, 6.07) is 1.95. The fraction of sp³-hybridized carbons (Fsp3) is 0.400. The molecule has 7 nitrogen and oxygen atoms in total. The number of halogens is 5. The molecule has 12 heteroatoms. The average molecular weight is 558 g/mol. The fourth-order valence-corrected chi connectivity index (χ4v) is 5.38. The van der Waals surface area contributed by atoms with Crippen molar-refractivity contribution in [3.8, 4) is 0 Å². The third kappa shape index (κ3) is 5.34. The number of aryl methyl sites for hydroxylation is 2. The summed E-state index contributed by atoms with van der Waals surface area (Å²) in [4.78, 5) is 32.4. The zero-order valence-electron chi connectivity index (χ0n) is 19.9. The number of nitrogens with zero attached hydrogens (tertiary/aromatic N) is 3. The van der Waals surface area contributed by atoms with E-state index >= 15 is 0 Å². The topological polar surface area (TPSA) is 95.7 Å². The molecule has 0 spiro atoms. The van der Waals surface area contributed by atoms with Gasteiger partial charge in [0.2, 0.25) is 0 Å². The Hall–Kier alpha value is -2.66. The number of carbonyl (C=O) groups is 2. The Morgan fingerprint density at radius 1 is 1.11 bits per heavy atom. The molecule has 2 N–H and O–H groups in total. The molecular weight excluding hydrogens is 534 g/mol. The number of aliphatic hydroxyl groups is 2. The first-order chi connectivity index (χ1) is 17.3. The van der Waals surface area contributed by atoms with E-state index in [4.69, 9.17) is 23.2 Å². The van der Waals surface area contributed by atoms with Gasteiger partial charge in [-0.15, -0.1) is 0 Å². The molecule has 37 heavy (non-hydrogen) atoms. The van der Waals surface area contributed by atoms with Gasteiger partial charge in [-0.2, -0.15) is 13.2 Å². The highest BCUT2D eigenvalue weighted by Crippen LogP contribution is 2.36. The monoisotopic (exact) mass is 557 g/mol. The molecule has 0 unspecified atom stereocenters. The molecule has 1 aliphatic rings. The van der Waals surface area contributed by atoms with Crippen molar-refractivity contribution in [1.29, 1.82) is 0 Å². The molecule has 0 radical (unpaired) electrons. The number of benzene rings is 1. The normalized spacial score (nSPS) is 15.1. The molecule has 4 rings (SSSR count). The molecule has 0 bridgehead atoms. The molecule has 1 fully saturated rings. The molecule has 198 valence electrons. The minimum Gasteiger partial charge on any atom is -0.368 e. The van der Waals surface area contributed by atoms with E-state index in [-0.39, 0.29) is 50.1 Å². The number of fused-ring (bicyclic) bond motifs is 1. The van der Waals surface area contributed by atoms with Gasteiger partial charge >= 0.3 is 6.18 Å². The Morgan fingerprint density at radius 3 is 2.35 bits per heavy atom. The number of aliphatic hydroxyl groups excluding tert-OH is 1. The van der Waals surface area contributed by atoms with E-state index in [1.165, 1.54) is 23.9 Å². The Balaban J connectivity index is 1.69. The lowest BCUT2D eigenvalue weighted by molar-refractivity contribution is -0.137. The lowest BCUT2D eigenvalue weighted by atomic mass is 9.93. The maximum absolute atomic E-state index is 13.6. The zero-order chi connectivity index (χ0) is 27.2. The predicted octanol–water partition coefficient (Wildman–Crippen LogP) is 5.22. The Labute approximate surface area is 220 Å². The van der Waals surface area contributed by atoms with E-state index in [2.05, 4.69) is 4.98 Å². The van der Waals surface area contributed by atoms with Crippen molar-refractivity contribution in [3.63, 3.8) is 0 Å². The number of piperidine rings is 1. The van der Waals surface area contributed by atoms with Gasteiger partial charge in [-0.05, 0) is 55.9 Å². The van der Waals surface area contributed by atoms with Gasteiger partial charge in [0.25, 0.3) is 11.8 Å². The van der Waals surface area contributed by atoms with Crippen molar-refractivity contribution in [2.24, 2.45) is 5.92 Å². The molecule has 3 heterocycles. The third-order valence-corrected chi connectivity index (χ3v) is 7.37. The lowest BCUT2D eigenvalue weighted by Gasteiger charge is -2.32. The van der Waals surface area contributed by atoms with Gasteiger partial charge < -0.3 is 15.1 Å². The minimum atomic E-state index is -4.55. The maximum atomic E-state index is 13.6. The highest BCUT2D eigenvalue weighted by atomic mass is 35.5. The summed E-state index contributed by atoms with van der Waals surface area (Å²) in [5.41, 5.74) is -0.140. The predicted molar refractivity (Wildman–Crippen MR) is 132 cm³/mol. The van der Waals surface area contributed by atoms with Crippen LogP contribution in [0.1, 0.15) is 56.7 Å². The van der Waals surface area contributed by atoms with Crippen molar-refractivity contribution in [2.75, 3.05) is 13.1 Å². The molecule has 0 aliphatic carbocycles. The average Bonchev–Trinajstić information content (AvgIpc) is 3.15. The first kappa shape index (κ1) is 27.4. The van der Waals surface area contributed by atoms with E-state index in [9.17, 15) is 33.0 Å². The van der Waals surface area contributed by atoms with Crippen LogP contribution >= 0.6 is 23.2 Å². The van der Waals surface area contributed by atoms with E-state index < -0.39 is 29.8 Å². The molecular formula is C25H24Cl2F3N3O4. The molecule has 1 aromatic carbocycles. The van der Waals surface area contributed by atoms with Crippen molar-refractivity contribution < 1.29 is 33.0 Å². The van der Waals surface area contributed by atoms with Crippen LogP contribution in [-0.4, -0.2) is 55.9 Å². The second-order valence-corrected chi connectivity index (χ2v) is 10.0. The van der Waals surface area contributed by atoms with Gasteiger partial charge in [0.05, 0.1) is 27.2 Å². The molecule has 0 saturated carbocycles. The summed E-state index contributed by atoms with van der Waals surface area (Å²) in [6.45, 7) is 3.79. The molecule has 1 amide bonds. The van der Waals surface area contributed by atoms with Gasteiger partial charge in [0.1, 0.15) is 5.15 Å². The number of amides is 1. The number of rotatable bonds is 4. The van der Waals surface area contributed by atoms with Crippen LogP contribution in [0.2, 0.25) is 10.2 Å². The van der Waals surface area contributed by atoms with E-state index in [1.807, 2.05) is 0 Å². The second kappa shape index (κ2) is 10.2. The standard InChI is InChI=1S/C25H24Cl2F3N3O4/c1-12-7-15(25(28,29)30)9-16-13(2)11-33(21(12)16)24(37)19-20(26)17(10-31-22(19)27)23(36)32-5-3-14(4-6-32)8-18(34)35/h7,9-11,14,18,34-35H,3-6,8H2,1-2H3. The van der Waals surface area contributed by atoms with E-state index in [0.717, 1.165) is 12.1 Å². The summed E-state index contributed by atoms with van der Waals surface area (Å²) in [7, 11) is 0. The van der Waals surface area contributed by atoms with Crippen LogP contribution in [0.3, 0.4) is 0 Å². The van der Waals surface area contributed by atoms with Crippen LogP contribution in [0.4, 0.5) is 13.2 Å². The number of hydrogen-bond donors (Lipinski definition) is 2. The SMILES string of the molecule is Cc1cn(C(=O)c2c(Cl)ncc(C(=O)N3CCC(CC(O)O)CC3)c2Cl)c2c(C)cc(C(F)(F)F)cc12. The fourth-order valence-electron chi connectivity index (χ4n) is 4.81. The Morgan fingerprint density at radius 2 is 1.76 bits per heavy atom. The highest BCUT2D eigenvalue weighted by Gasteiger charge is 2.33. The summed E-state index contributed by atoms with van der Waals surface area (Å²) in [6.07, 6.45) is -2.00. The second-order valence-electron chi connectivity index (χ2n) is 9.28. The first-order valence-corrected chi connectivity index (χ1v) is 12.3. The summed E-state index contributed by atoms with van der Waals surface area (Å²) >= 11 is 12.8. The highest BCUT2D eigenvalue weighted by molar-refractivity contribution is 6.41.